The van der Waals surface area contributed by atoms with Gasteiger partial charge in [0.1, 0.15) is 0 Å². The van der Waals surface area contributed by atoms with Crippen molar-refractivity contribution in [2.75, 3.05) is 18.4 Å². The van der Waals surface area contributed by atoms with E-state index in [1.54, 1.807) is 0 Å². The fraction of sp³-hybridized carbons (Fsp3) is 0.571. The van der Waals surface area contributed by atoms with E-state index in [1.165, 1.54) is 36.1 Å². The summed E-state index contributed by atoms with van der Waals surface area (Å²) in [6.07, 6.45) is 3.66. The Hall–Kier alpha value is -1.02. The molecule has 2 heteroatoms. The Labute approximate surface area is 98.4 Å². The average molecular weight is 218 g/mol. The van der Waals surface area contributed by atoms with E-state index in [9.17, 15) is 0 Å². The van der Waals surface area contributed by atoms with Gasteiger partial charge in [-0.05, 0) is 49.9 Å². The van der Waals surface area contributed by atoms with Crippen LogP contribution in [0.25, 0.3) is 0 Å². The number of aryl methyl sites for hydroxylation is 1. The van der Waals surface area contributed by atoms with E-state index in [-0.39, 0.29) is 0 Å². The van der Waals surface area contributed by atoms with E-state index in [2.05, 4.69) is 42.7 Å². The maximum atomic E-state index is 3.57. The molecule has 0 radical (unpaired) electrons. The van der Waals surface area contributed by atoms with Crippen molar-refractivity contribution in [1.82, 2.24) is 5.32 Å². The van der Waals surface area contributed by atoms with Crippen molar-refractivity contribution in [3.05, 3.63) is 29.3 Å². The molecule has 0 saturated heterocycles. The van der Waals surface area contributed by atoms with Crippen LogP contribution in [0, 0.1) is 0 Å². The highest BCUT2D eigenvalue weighted by atomic mass is 14.9. The molecule has 1 unspecified atom stereocenters. The SMILES string of the molecule is CCNc1cccc2c1CC(NCC)CC2. The molecule has 1 aromatic carbocycles. The Morgan fingerprint density at radius 2 is 2.12 bits per heavy atom. The van der Waals surface area contributed by atoms with Gasteiger partial charge in [-0.25, -0.2) is 0 Å². The molecular weight excluding hydrogens is 196 g/mol. The molecule has 1 aliphatic carbocycles. The van der Waals surface area contributed by atoms with Gasteiger partial charge in [-0.2, -0.15) is 0 Å². The van der Waals surface area contributed by atoms with Crippen LogP contribution in [-0.2, 0) is 12.8 Å². The molecule has 1 atom stereocenters. The van der Waals surface area contributed by atoms with Crippen molar-refractivity contribution in [2.24, 2.45) is 0 Å². The van der Waals surface area contributed by atoms with Gasteiger partial charge < -0.3 is 10.6 Å². The van der Waals surface area contributed by atoms with Gasteiger partial charge in [-0.15, -0.1) is 0 Å². The predicted octanol–water partition coefficient (Wildman–Crippen LogP) is 2.59. The first kappa shape index (κ1) is 11.5. The van der Waals surface area contributed by atoms with Crippen LogP contribution < -0.4 is 10.6 Å². The minimum atomic E-state index is 0.664. The molecule has 0 aliphatic heterocycles. The van der Waals surface area contributed by atoms with Crippen molar-refractivity contribution in [3.8, 4) is 0 Å². The number of hydrogen-bond donors (Lipinski definition) is 2. The lowest BCUT2D eigenvalue weighted by molar-refractivity contribution is 0.471. The average Bonchev–Trinajstić information content (AvgIpc) is 2.31. The number of likely N-dealkylation sites (N-methyl/N-ethyl adjacent to an activating group) is 1. The quantitative estimate of drug-likeness (QED) is 0.811. The summed E-state index contributed by atoms with van der Waals surface area (Å²) >= 11 is 0. The molecule has 0 spiro atoms. The number of nitrogens with one attached hydrogen (secondary N) is 2. The van der Waals surface area contributed by atoms with E-state index in [4.69, 9.17) is 0 Å². The van der Waals surface area contributed by atoms with Gasteiger partial charge in [0.25, 0.3) is 0 Å². The monoisotopic (exact) mass is 218 g/mol. The van der Waals surface area contributed by atoms with E-state index >= 15 is 0 Å². The predicted molar refractivity (Wildman–Crippen MR) is 70.1 cm³/mol. The normalized spacial score (nSPS) is 19.2. The summed E-state index contributed by atoms with van der Waals surface area (Å²) in [5.74, 6) is 0. The van der Waals surface area contributed by atoms with Crippen molar-refractivity contribution in [2.45, 2.75) is 39.2 Å². The third kappa shape index (κ3) is 2.38. The molecule has 2 N–H and O–H groups in total. The summed E-state index contributed by atoms with van der Waals surface area (Å²) in [5, 5.41) is 7.04. The molecule has 0 fully saturated rings. The summed E-state index contributed by atoms with van der Waals surface area (Å²) in [4.78, 5) is 0. The van der Waals surface area contributed by atoms with Crippen LogP contribution in [0.2, 0.25) is 0 Å². The fourth-order valence-corrected chi connectivity index (χ4v) is 2.61. The molecule has 2 rings (SSSR count). The molecule has 0 saturated carbocycles. The lowest BCUT2D eigenvalue weighted by Gasteiger charge is -2.27. The molecule has 0 bridgehead atoms. The molecule has 0 heterocycles. The highest BCUT2D eigenvalue weighted by Gasteiger charge is 2.19. The van der Waals surface area contributed by atoms with Crippen LogP contribution in [0.4, 0.5) is 5.69 Å². The maximum absolute atomic E-state index is 3.57. The van der Waals surface area contributed by atoms with E-state index < -0.39 is 0 Å². The molecular formula is C14H22N2. The Morgan fingerprint density at radius 1 is 1.25 bits per heavy atom. The van der Waals surface area contributed by atoms with Crippen LogP contribution in [0.3, 0.4) is 0 Å². The summed E-state index contributed by atoms with van der Waals surface area (Å²) in [5.41, 5.74) is 4.40. The number of hydrogen-bond acceptors (Lipinski definition) is 2. The van der Waals surface area contributed by atoms with Crippen molar-refractivity contribution in [3.63, 3.8) is 0 Å². The van der Waals surface area contributed by atoms with Gasteiger partial charge in [-0.3, -0.25) is 0 Å². The topological polar surface area (TPSA) is 24.1 Å². The van der Waals surface area contributed by atoms with Gasteiger partial charge in [-0.1, -0.05) is 19.1 Å². The lowest BCUT2D eigenvalue weighted by Crippen LogP contribution is -2.34. The molecule has 0 aromatic heterocycles. The summed E-state index contributed by atoms with van der Waals surface area (Å²) < 4.78 is 0. The second-order valence-electron chi connectivity index (χ2n) is 4.47. The van der Waals surface area contributed by atoms with Crippen LogP contribution in [0.5, 0.6) is 0 Å². The number of fused-ring (bicyclic) bond motifs is 1. The molecule has 1 aromatic rings. The second-order valence-corrected chi connectivity index (χ2v) is 4.47. The van der Waals surface area contributed by atoms with Gasteiger partial charge in [0.05, 0.1) is 0 Å². The van der Waals surface area contributed by atoms with E-state index in [0.29, 0.717) is 6.04 Å². The second kappa shape index (κ2) is 5.35. The zero-order chi connectivity index (χ0) is 11.4. The third-order valence-corrected chi connectivity index (χ3v) is 3.35. The van der Waals surface area contributed by atoms with E-state index in [1.807, 2.05) is 0 Å². The zero-order valence-electron chi connectivity index (χ0n) is 10.3. The highest BCUT2D eigenvalue weighted by Crippen LogP contribution is 2.27. The third-order valence-electron chi connectivity index (χ3n) is 3.35. The van der Waals surface area contributed by atoms with Crippen LogP contribution in [-0.4, -0.2) is 19.1 Å². The number of rotatable bonds is 4. The molecule has 2 nitrogen and oxygen atoms in total. The van der Waals surface area contributed by atoms with Crippen molar-refractivity contribution >= 4 is 5.69 Å². The first-order chi connectivity index (χ1) is 7.85. The fourth-order valence-electron chi connectivity index (χ4n) is 2.61. The van der Waals surface area contributed by atoms with E-state index in [0.717, 1.165) is 13.1 Å². The standard InChI is InChI=1S/C14H22N2/c1-3-15-12-9-8-11-6-5-7-14(16-4-2)13(11)10-12/h5-7,12,15-16H,3-4,8-10H2,1-2H3. The first-order valence-electron chi connectivity index (χ1n) is 6.43. The van der Waals surface area contributed by atoms with Gasteiger partial charge in [0.15, 0.2) is 0 Å². The first-order valence-corrected chi connectivity index (χ1v) is 6.43. The lowest BCUT2D eigenvalue weighted by atomic mass is 9.87. The van der Waals surface area contributed by atoms with Crippen LogP contribution in [0.15, 0.2) is 18.2 Å². The molecule has 16 heavy (non-hydrogen) atoms. The van der Waals surface area contributed by atoms with Gasteiger partial charge >= 0.3 is 0 Å². The van der Waals surface area contributed by atoms with Gasteiger partial charge in [0, 0.05) is 18.3 Å². The van der Waals surface area contributed by atoms with Crippen molar-refractivity contribution in [1.29, 1.82) is 0 Å². The molecule has 1 aliphatic rings. The Bertz CT molecular complexity index is 347. The highest BCUT2D eigenvalue weighted by molar-refractivity contribution is 5.56. The summed E-state index contributed by atoms with van der Waals surface area (Å²) in [6.45, 7) is 6.42. The molecule has 88 valence electrons. The smallest absolute Gasteiger partial charge is 0.0375 e. The minimum Gasteiger partial charge on any atom is -0.385 e. The minimum absolute atomic E-state index is 0.664. The van der Waals surface area contributed by atoms with Crippen LogP contribution in [0.1, 0.15) is 31.4 Å². The Balaban J connectivity index is 2.20. The van der Waals surface area contributed by atoms with Crippen LogP contribution >= 0.6 is 0 Å². The van der Waals surface area contributed by atoms with Gasteiger partial charge in [0.2, 0.25) is 0 Å². The largest absolute Gasteiger partial charge is 0.385 e. The Kier molecular flexibility index (Phi) is 3.83. The molecule has 0 amide bonds. The maximum Gasteiger partial charge on any atom is 0.0375 e. The van der Waals surface area contributed by atoms with Crippen molar-refractivity contribution < 1.29 is 0 Å². The number of anilines is 1. The summed E-state index contributed by atoms with van der Waals surface area (Å²) in [6, 6.07) is 7.32. The Morgan fingerprint density at radius 3 is 2.88 bits per heavy atom. The number of benzene rings is 1. The zero-order valence-corrected chi connectivity index (χ0v) is 10.3. The summed E-state index contributed by atoms with van der Waals surface area (Å²) in [7, 11) is 0.